The monoisotopic (exact) mass is 350 g/mol. The van der Waals surface area contributed by atoms with E-state index in [9.17, 15) is 9.59 Å². The van der Waals surface area contributed by atoms with Gasteiger partial charge in [0.05, 0.1) is 13.2 Å². The Balaban J connectivity index is 1.72. The van der Waals surface area contributed by atoms with Gasteiger partial charge in [0.15, 0.2) is 0 Å². The molecule has 0 spiro atoms. The lowest BCUT2D eigenvalue weighted by Crippen LogP contribution is -2.33. The third-order valence-corrected chi connectivity index (χ3v) is 4.44. The van der Waals surface area contributed by atoms with Gasteiger partial charge in [-0.2, -0.15) is 0 Å². The fourth-order valence-electron chi connectivity index (χ4n) is 3.10. The fourth-order valence-corrected chi connectivity index (χ4v) is 3.10. The zero-order valence-electron chi connectivity index (χ0n) is 14.8. The summed E-state index contributed by atoms with van der Waals surface area (Å²) < 4.78 is 5.89. The SMILES string of the molecule is C=CC(=O)Nc1cccc(C(=O)N(C)CC2OCCc3ccccc32)c1. The molecule has 0 saturated heterocycles. The van der Waals surface area contributed by atoms with Crippen LogP contribution in [0.3, 0.4) is 0 Å². The van der Waals surface area contributed by atoms with Gasteiger partial charge in [0.25, 0.3) is 5.91 Å². The van der Waals surface area contributed by atoms with Crippen molar-refractivity contribution in [1.82, 2.24) is 4.90 Å². The summed E-state index contributed by atoms with van der Waals surface area (Å²) in [6.45, 7) is 4.56. The van der Waals surface area contributed by atoms with Crippen molar-refractivity contribution in [3.05, 3.63) is 77.9 Å². The van der Waals surface area contributed by atoms with Crippen molar-refractivity contribution in [2.75, 3.05) is 25.5 Å². The number of likely N-dealkylation sites (N-methyl/N-ethyl adjacent to an activating group) is 1. The van der Waals surface area contributed by atoms with E-state index in [4.69, 9.17) is 4.74 Å². The smallest absolute Gasteiger partial charge is 0.253 e. The summed E-state index contributed by atoms with van der Waals surface area (Å²) in [5.41, 5.74) is 3.50. The van der Waals surface area contributed by atoms with E-state index in [2.05, 4.69) is 24.0 Å². The molecule has 0 fully saturated rings. The summed E-state index contributed by atoms with van der Waals surface area (Å²) >= 11 is 0. The van der Waals surface area contributed by atoms with Crippen molar-refractivity contribution >= 4 is 17.5 Å². The molecule has 1 unspecified atom stereocenters. The number of anilines is 1. The molecule has 1 aliphatic heterocycles. The zero-order chi connectivity index (χ0) is 18.5. The Morgan fingerprint density at radius 3 is 2.88 bits per heavy atom. The first-order valence-corrected chi connectivity index (χ1v) is 8.57. The molecule has 2 aromatic rings. The second-order valence-electron chi connectivity index (χ2n) is 6.27. The first-order chi connectivity index (χ1) is 12.6. The second-order valence-corrected chi connectivity index (χ2v) is 6.27. The maximum atomic E-state index is 12.8. The van der Waals surface area contributed by atoms with Crippen LogP contribution < -0.4 is 5.32 Å². The fraction of sp³-hybridized carbons (Fsp3) is 0.238. The highest BCUT2D eigenvalue weighted by Gasteiger charge is 2.24. The first-order valence-electron chi connectivity index (χ1n) is 8.57. The lowest BCUT2D eigenvalue weighted by Gasteiger charge is -2.29. The summed E-state index contributed by atoms with van der Waals surface area (Å²) in [7, 11) is 1.76. The number of hydrogen-bond acceptors (Lipinski definition) is 3. The molecular formula is C21H22N2O3. The van der Waals surface area contributed by atoms with Gasteiger partial charge in [-0.25, -0.2) is 0 Å². The Kier molecular flexibility index (Phi) is 5.49. The molecule has 0 saturated carbocycles. The van der Waals surface area contributed by atoms with Crippen LogP contribution >= 0.6 is 0 Å². The van der Waals surface area contributed by atoms with E-state index in [1.807, 2.05) is 12.1 Å². The van der Waals surface area contributed by atoms with Gasteiger partial charge >= 0.3 is 0 Å². The summed E-state index contributed by atoms with van der Waals surface area (Å²) in [6.07, 6.45) is 1.96. The number of rotatable bonds is 5. The van der Waals surface area contributed by atoms with E-state index in [1.165, 1.54) is 11.6 Å². The Morgan fingerprint density at radius 2 is 2.08 bits per heavy atom. The van der Waals surface area contributed by atoms with Gasteiger partial charge in [-0.15, -0.1) is 0 Å². The van der Waals surface area contributed by atoms with Crippen molar-refractivity contribution in [3.8, 4) is 0 Å². The highest BCUT2D eigenvalue weighted by atomic mass is 16.5. The summed E-state index contributed by atoms with van der Waals surface area (Å²) in [6, 6.07) is 15.1. The van der Waals surface area contributed by atoms with Crippen LogP contribution in [0, 0.1) is 0 Å². The minimum atomic E-state index is -0.310. The van der Waals surface area contributed by atoms with E-state index < -0.39 is 0 Å². The third kappa shape index (κ3) is 4.00. The third-order valence-electron chi connectivity index (χ3n) is 4.44. The van der Waals surface area contributed by atoms with E-state index in [0.29, 0.717) is 24.4 Å². The summed E-state index contributed by atoms with van der Waals surface area (Å²) in [4.78, 5) is 25.9. The molecule has 26 heavy (non-hydrogen) atoms. The zero-order valence-corrected chi connectivity index (χ0v) is 14.8. The number of nitrogens with zero attached hydrogens (tertiary/aromatic N) is 1. The quantitative estimate of drug-likeness (QED) is 0.843. The van der Waals surface area contributed by atoms with Crippen LogP contribution in [0.15, 0.2) is 61.2 Å². The number of carbonyl (C=O) groups excluding carboxylic acids is 2. The van der Waals surface area contributed by atoms with Gasteiger partial charge < -0.3 is 15.0 Å². The number of nitrogens with one attached hydrogen (secondary N) is 1. The summed E-state index contributed by atoms with van der Waals surface area (Å²) in [5, 5.41) is 2.67. The predicted molar refractivity (Wildman–Crippen MR) is 101 cm³/mol. The largest absolute Gasteiger partial charge is 0.371 e. The lowest BCUT2D eigenvalue weighted by molar-refractivity contribution is -0.111. The average molecular weight is 350 g/mol. The molecule has 0 radical (unpaired) electrons. The van der Waals surface area contributed by atoms with Crippen LogP contribution in [-0.4, -0.2) is 36.9 Å². The Labute approximate surface area is 153 Å². The molecule has 1 heterocycles. The van der Waals surface area contributed by atoms with Gasteiger partial charge in [-0.3, -0.25) is 9.59 Å². The van der Waals surface area contributed by atoms with Gasteiger partial charge in [0.1, 0.15) is 6.10 Å². The molecule has 2 amide bonds. The van der Waals surface area contributed by atoms with Gasteiger partial charge in [-0.1, -0.05) is 36.9 Å². The normalized spacial score (nSPS) is 15.7. The summed E-state index contributed by atoms with van der Waals surface area (Å²) in [5.74, 6) is -0.429. The minimum Gasteiger partial charge on any atom is -0.371 e. The molecular weight excluding hydrogens is 328 g/mol. The highest BCUT2D eigenvalue weighted by molar-refractivity contribution is 6.00. The second kappa shape index (κ2) is 7.97. The van der Waals surface area contributed by atoms with E-state index in [0.717, 1.165) is 12.0 Å². The van der Waals surface area contributed by atoms with Crippen molar-refractivity contribution in [2.45, 2.75) is 12.5 Å². The van der Waals surface area contributed by atoms with Crippen molar-refractivity contribution in [3.63, 3.8) is 0 Å². The first kappa shape index (κ1) is 17.9. The van der Waals surface area contributed by atoms with Crippen LogP contribution in [0.5, 0.6) is 0 Å². The number of benzene rings is 2. The molecule has 1 atom stereocenters. The van der Waals surface area contributed by atoms with Crippen LogP contribution in [0.25, 0.3) is 0 Å². The van der Waals surface area contributed by atoms with Crippen molar-refractivity contribution in [1.29, 1.82) is 0 Å². The molecule has 0 bridgehead atoms. The van der Waals surface area contributed by atoms with Gasteiger partial charge in [-0.05, 0) is 41.8 Å². The molecule has 0 aliphatic carbocycles. The Hall–Kier alpha value is -2.92. The highest BCUT2D eigenvalue weighted by Crippen LogP contribution is 2.27. The number of hydrogen-bond donors (Lipinski definition) is 1. The molecule has 0 aromatic heterocycles. The van der Waals surface area contributed by atoms with E-state index in [-0.39, 0.29) is 17.9 Å². The number of carbonyl (C=O) groups is 2. The number of fused-ring (bicyclic) bond motifs is 1. The molecule has 5 heteroatoms. The Morgan fingerprint density at radius 1 is 1.27 bits per heavy atom. The molecule has 2 aromatic carbocycles. The molecule has 1 N–H and O–H groups in total. The van der Waals surface area contributed by atoms with Crippen LogP contribution in [0.2, 0.25) is 0 Å². The van der Waals surface area contributed by atoms with Gasteiger partial charge in [0, 0.05) is 18.3 Å². The topological polar surface area (TPSA) is 58.6 Å². The van der Waals surface area contributed by atoms with Crippen LogP contribution in [0.1, 0.15) is 27.6 Å². The lowest BCUT2D eigenvalue weighted by atomic mass is 9.97. The number of ether oxygens (including phenoxy) is 1. The molecule has 1 aliphatic rings. The maximum absolute atomic E-state index is 12.8. The molecule has 5 nitrogen and oxygen atoms in total. The van der Waals surface area contributed by atoms with Gasteiger partial charge in [0.2, 0.25) is 5.91 Å². The van der Waals surface area contributed by atoms with Crippen LogP contribution in [0.4, 0.5) is 5.69 Å². The van der Waals surface area contributed by atoms with Crippen molar-refractivity contribution in [2.24, 2.45) is 0 Å². The predicted octanol–water partition coefficient (Wildman–Crippen LogP) is 3.20. The standard InChI is InChI=1S/C21H22N2O3/c1-3-20(24)22-17-9-6-8-16(13-17)21(25)23(2)14-19-18-10-5-4-7-15(18)11-12-26-19/h3-10,13,19H,1,11-12,14H2,2H3,(H,22,24). The Bertz CT molecular complexity index is 832. The minimum absolute atomic E-state index is 0.119. The van der Waals surface area contributed by atoms with E-state index >= 15 is 0 Å². The molecule has 134 valence electrons. The molecule has 3 rings (SSSR count). The van der Waals surface area contributed by atoms with Crippen LogP contribution in [-0.2, 0) is 16.0 Å². The average Bonchev–Trinajstić information content (AvgIpc) is 2.67. The number of amides is 2. The maximum Gasteiger partial charge on any atom is 0.253 e. The van der Waals surface area contributed by atoms with E-state index in [1.54, 1.807) is 36.2 Å². The van der Waals surface area contributed by atoms with Crippen molar-refractivity contribution < 1.29 is 14.3 Å².